The van der Waals surface area contributed by atoms with E-state index in [9.17, 15) is 9.18 Å². The molecule has 0 saturated heterocycles. The number of halogens is 1. The van der Waals surface area contributed by atoms with Gasteiger partial charge in [-0.1, -0.05) is 42.1 Å². The van der Waals surface area contributed by atoms with Crippen LogP contribution in [-0.2, 0) is 11.2 Å². The van der Waals surface area contributed by atoms with Gasteiger partial charge in [-0.05, 0) is 37.1 Å². The SMILES string of the molecule is C[C@@H](Sc1nncn1-c1ccccc1F)C(=O)N1CCc2ccccc21. The van der Waals surface area contributed by atoms with Crippen LogP contribution in [0, 0.1) is 5.82 Å². The van der Waals surface area contributed by atoms with Gasteiger partial charge >= 0.3 is 0 Å². The molecule has 1 amide bonds. The summed E-state index contributed by atoms with van der Waals surface area (Å²) >= 11 is 1.28. The number of carbonyl (C=O) groups is 1. The van der Waals surface area contributed by atoms with Crippen molar-refractivity contribution in [3.05, 3.63) is 66.2 Å². The third kappa shape index (κ3) is 2.99. The molecule has 132 valence electrons. The van der Waals surface area contributed by atoms with Gasteiger partial charge in [-0.2, -0.15) is 0 Å². The number of hydrogen-bond donors (Lipinski definition) is 0. The molecule has 5 nitrogen and oxygen atoms in total. The van der Waals surface area contributed by atoms with Gasteiger partial charge in [0.25, 0.3) is 0 Å². The van der Waals surface area contributed by atoms with Crippen LogP contribution in [0.3, 0.4) is 0 Å². The maximum absolute atomic E-state index is 14.1. The van der Waals surface area contributed by atoms with Crippen molar-refractivity contribution >= 4 is 23.4 Å². The summed E-state index contributed by atoms with van der Waals surface area (Å²) in [5.41, 5.74) is 2.53. The Hall–Kier alpha value is -2.67. The van der Waals surface area contributed by atoms with Crippen molar-refractivity contribution < 1.29 is 9.18 Å². The Labute approximate surface area is 154 Å². The standard InChI is InChI=1S/C19H17FN4OS/c1-13(18(25)23-11-10-14-6-2-4-8-16(14)23)26-19-22-21-12-24(19)17-9-5-3-7-15(17)20/h2-9,12-13H,10-11H2,1H3/t13-/m1/s1. The van der Waals surface area contributed by atoms with E-state index in [-0.39, 0.29) is 17.0 Å². The molecule has 0 fully saturated rings. The van der Waals surface area contributed by atoms with Crippen molar-refractivity contribution in [1.82, 2.24) is 14.8 Å². The van der Waals surface area contributed by atoms with Crippen LogP contribution in [-0.4, -0.2) is 32.5 Å². The summed E-state index contributed by atoms with van der Waals surface area (Å²) in [6.07, 6.45) is 2.33. The molecule has 4 rings (SSSR count). The minimum atomic E-state index is -0.365. The van der Waals surface area contributed by atoms with Gasteiger partial charge < -0.3 is 4.90 Å². The van der Waals surface area contributed by atoms with Crippen LogP contribution in [0.1, 0.15) is 12.5 Å². The van der Waals surface area contributed by atoms with Gasteiger partial charge in [0.2, 0.25) is 5.91 Å². The van der Waals surface area contributed by atoms with E-state index in [4.69, 9.17) is 0 Å². The molecule has 2 aromatic carbocycles. The molecule has 7 heteroatoms. The molecule has 0 radical (unpaired) electrons. The molecular weight excluding hydrogens is 351 g/mol. The first-order valence-corrected chi connectivity index (χ1v) is 9.24. The zero-order chi connectivity index (χ0) is 18.1. The summed E-state index contributed by atoms with van der Waals surface area (Å²) < 4.78 is 15.7. The smallest absolute Gasteiger partial charge is 0.240 e. The van der Waals surface area contributed by atoms with E-state index < -0.39 is 0 Å². The Bertz CT molecular complexity index is 958. The number of rotatable bonds is 4. The summed E-state index contributed by atoms with van der Waals surface area (Å²) in [7, 11) is 0. The first kappa shape index (κ1) is 16.8. The Morgan fingerprint density at radius 1 is 1.15 bits per heavy atom. The van der Waals surface area contributed by atoms with Gasteiger partial charge in [0.1, 0.15) is 12.1 Å². The van der Waals surface area contributed by atoms with Gasteiger partial charge in [0, 0.05) is 12.2 Å². The Balaban J connectivity index is 1.55. The molecule has 0 unspecified atom stereocenters. The van der Waals surface area contributed by atoms with Crippen molar-refractivity contribution in [2.75, 3.05) is 11.4 Å². The number of anilines is 1. The topological polar surface area (TPSA) is 51.0 Å². The number of amides is 1. The highest BCUT2D eigenvalue weighted by atomic mass is 32.2. The summed E-state index contributed by atoms with van der Waals surface area (Å²) in [6, 6.07) is 14.4. The lowest BCUT2D eigenvalue weighted by Gasteiger charge is -2.21. The minimum absolute atomic E-state index is 0.0167. The molecule has 0 saturated carbocycles. The van der Waals surface area contributed by atoms with Gasteiger partial charge in [-0.15, -0.1) is 10.2 Å². The second kappa shape index (κ2) is 6.92. The fourth-order valence-corrected chi connectivity index (χ4v) is 4.01. The van der Waals surface area contributed by atoms with Crippen molar-refractivity contribution in [2.24, 2.45) is 0 Å². The van der Waals surface area contributed by atoms with Crippen LogP contribution in [0.5, 0.6) is 0 Å². The number of para-hydroxylation sites is 2. The first-order chi connectivity index (χ1) is 12.6. The van der Waals surface area contributed by atoms with Gasteiger partial charge in [-0.25, -0.2) is 4.39 Å². The maximum atomic E-state index is 14.1. The number of nitrogens with zero attached hydrogens (tertiary/aromatic N) is 4. The molecule has 1 aliphatic rings. The van der Waals surface area contributed by atoms with E-state index in [2.05, 4.69) is 16.3 Å². The maximum Gasteiger partial charge on any atom is 0.240 e. The molecule has 0 bridgehead atoms. The van der Waals surface area contributed by atoms with E-state index in [0.29, 0.717) is 17.4 Å². The molecule has 0 spiro atoms. The number of thioether (sulfide) groups is 1. The quantitative estimate of drug-likeness (QED) is 0.662. The summed E-state index contributed by atoms with van der Waals surface area (Å²) in [6.45, 7) is 2.53. The van der Waals surface area contributed by atoms with E-state index >= 15 is 0 Å². The molecule has 0 N–H and O–H groups in total. The van der Waals surface area contributed by atoms with Crippen molar-refractivity contribution in [3.63, 3.8) is 0 Å². The highest BCUT2D eigenvalue weighted by Crippen LogP contribution is 2.31. The molecule has 2 heterocycles. The molecule has 3 aromatic rings. The molecule has 1 aromatic heterocycles. The molecular formula is C19H17FN4OS. The lowest BCUT2D eigenvalue weighted by molar-refractivity contribution is -0.117. The van der Waals surface area contributed by atoms with Gasteiger partial charge in [0.05, 0.1) is 10.9 Å². The summed E-state index contributed by atoms with van der Waals surface area (Å²) in [4.78, 5) is 14.7. The zero-order valence-electron chi connectivity index (χ0n) is 14.2. The van der Waals surface area contributed by atoms with Crippen LogP contribution < -0.4 is 4.90 Å². The summed E-state index contributed by atoms with van der Waals surface area (Å²) in [5.74, 6) is -0.343. The average molecular weight is 368 g/mol. The third-order valence-corrected chi connectivity index (χ3v) is 5.46. The fraction of sp³-hybridized carbons (Fsp3) is 0.211. The largest absolute Gasteiger partial charge is 0.311 e. The summed E-state index contributed by atoms with van der Waals surface area (Å²) in [5, 5.41) is 8.08. The number of benzene rings is 2. The van der Waals surface area contributed by atoms with Crippen LogP contribution in [0.15, 0.2) is 60.0 Å². The highest BCUT2D eigenvalue weighted by molar-refractivity contribution is 8.00. The van der Waals surface area contributed by atoms with Crippen LogP contribution in [0.2, 0.25) is 0 Å². The second-order valence-electron chi connectivity index (χ2n) is 6.06. The van der Waals surface area contributed by atoms with E-state index in [1.807, 2.05) is 30.0 Å². The number of hydrogen-bond acceptors (Lipinski definition) is 4. The van der Waals surface area contributed by atoms with Crippen LogP contribution in [0.25, 0.3) is 5.69 Å². The number of aromatic nitrogens is 3. The number of fused-ring (bicyclic) bond motifs is 1. The van der Waals surface area contributed by atoms with E-state index in [0.717, 1.165) is 12.1 Å². The molecule has 26 heavy (non-hydrogen) atoms. The first-order valence-electron chi connectivity index (χ1n) is 8.36. The third-order valence-electron chi connectivity index (χ3n) is 4.41. The normalized spacial score (nSPS) is 14.3. The van der Waals surface area contributed by atoms with Crippen molar-refractivity contribution in [1.29, 1.82) is 0 Å². The van der Waals surface area contributed by atoms with Gasteiger partial charge in [-0.3, -0.25) is 9.36 Å². The van der Waals surface area contributed by atoms with Crippen molar-refractivity contribution in [3.8, 4) is 5.69 Å². The lowest BCUT2D eigenvalue weighted by Crippen LogP contribution is -2.35. The predicted molar refractivity (Wildman–Crippen MR) is 99.1 cm³/mol. The lowest BCUT2D eigenvalue weighted by atomic mass is 10.2. The molecule has 0 aliphatic carbocycles. The fourth-order valence-electron chi connectivity index (χ4n) is 3.11. The van der Waals surface area contributed by atoms with Crippen LogP contribution >= 0.6 is 11.8 Å². The second-order valence-corrected chi connectivity index (χ2v) is 7.37. The molecule has 1 atom stereocenters. The number of carbonyl (C=O) groups excluding carboxylic acids is 1. The molecule has 1 aliphatic heterocycles. The monoisotopic (exact) mass is 368 g/mol. The minimum Gasteiger partial charge on any atom is -0.311 e. The predicted octanol–water partition coefficient (Wildman–Crippen LogP) is 3.48. The Kier molecular flexibility index (Phi) is 4.46. The zero-order valence-corrected chi connectivity index (χ0v) is 15.0. The average Bonchev–Trinajstić information content (AvgIpc) is 3.28. The van der Waals surface area contributed by atoms with E-state index in [1.165, 1.54) is 29.7 Å². The highest BCUT2D eigenvalue weighted by Gasteiger charge is 2.29. The van der Waals surface area contributed by atoms with Gasteiger partial charge in [0.15, 0.2) is 5.16 Å². The van der Waals surface area contributed by atoms with Crippen LogP contribution in [0.4, 0.5) is 10.1 Å². The van der Waals surface area contributed by atoms with Crippen molar-refractivity contribution in [2.45, 2.75) is 23.8 Å². The van der Waals surface area contributed by atoms with E-state index in [1.54, 1.807) is 22.8 Å². The Morgan fingerprint density at radius 3 is 2.69 bits per heavy atom. The Morgan fingerprint density at radius 2 is 1.88 bits per heavy atom.